The molecule has 1 fully saturated rings. The van der Waals surface area contributed by atoms with Gasteiger partial charge in [-0.25, -0.2) is 9.37 Å². The van der Waals surface area contributed by atoms with Gasteiger partial charge in [-0.3, -0.25) is 9.78 Å². The maximum atomic E-state index is 13.7. The highest BCUT2D eigenvalue weighted by Crippen LogP contribution is 2.58. The van der Waals surface area contributed by atoms with Gasteiger partial charge < -0.3 is 4.74 Å². The minimum atomic E-state index is -0.645. The lowest BCUT2D eigenvalue weighted by Gasteiger charge is -2.14. The van der Waals surface area contributed by atoms with Crippen molar-refractivity contribution in [2.24, 2.45) is 0 Å². The molecule has 3 aromatic rings. The Kier molecular flexibility index (Phi) is 3.36. The summed E-state index contributed by atoms with van der Waals surface area (Å²) in [5.41, 5.74) is 1.21. The molecule has 6 heteroatoms. The second-order valence-corrected chi connectivity index (χ2v) is 5.93. The number of nitrogens with zero attached hydrogens (tertiary/aromatic N) is 2. The molecule has 0 radical (unpaired) electrons. The maximum absolute atomic E-state index is 13.7. The van der Waals surface area contributed by atoms with Crippen LogP contribution in [0.4, 0.5) is 4.39 Å². The topological polar surface area (TPSA) is 46.1 Å². The lowest BCUT2D eigenvalue weighted by atomic mass is 9.91. The minimum absolute atomic E-state index is 0.143. The van der Waals surface area contributed by atoms with Gasteiger partial charge in [0.1, 0.15) is 23.8 Å². The summed E-state index contributed by atoms with van der Waals surface area (Å²) in [5, 5.41) is 2.99. The molecule has 2 atom stereocenters. The molecule has 0 aliphatic carbocycles. The van der Waals surface area contributed by atoms with Crippen LogP contribution in [-0.4, -0.2) is 14.8 Å². The Morgan fingerprint density at radius 2 is 2.04 bits per heavy atom. The number of rotatable bonds is 4. The number of hydrogen-bond donors (Lipinski definition) is 1. The van der Waals surface area contributed by atoms with Gasteiger partial charge in [0.05, 0.1) is 6.54 Å². The molecule has 2 unspecified atom stereocenters. The van der Waals surface area contributed by atoms with Gasteiger partial charge >= 0.3 is 0 Å². The summed E-state index contributed by atoms with van der Waals surface area (Å²) in [7, 11) is 0. The van der Waals surface area contributed by atoms with Crippen molar-refractivity contribution in [1.82, 2.24) is 14.8 Å². The van der Waals surface area contributed by atoms with E-state index < -0.39 is 5.60 Å². The van der Waals surface area contributed by atoms with E-state index in [1.807, 2.05) is 36.4 Å². The van der Waals surface area contributed by atoms with Gasteiger partial charge in [-0.2, -0.15) is 0 Å². The number of benzene rings is 2. The summed E-state index contributed by atoms with van der Waals surface area (Å²) in [6.07, 6.45) is 1.40. The second-order valence-electron chi connectivity index (χ2n) is 5.56. The van der Waals surface area contributed by atoms with Crippen molar-refractivity contribution in [2.75, 3.05) is 0 Å². The van der Waals surface area contributed by atoms with Crippen molar-refractivity contribution in [3.8, 4) is 0 Å². The summed E-state index contributed by atoms with van der Waals surface area (Å²) >= 11 is 5.20. The third kappa shape index (κ3) is 2.50. The largest absolute Gasteiger partial charge is 0.354 e. The smallest absolute Gasteiger partial charge is 0.215 e. The molecule has 0 spiro atoms. The summed E-state index contributed by atoms with van der Waals surface area (Å²) in [5.74, 6) is -0.280. The molecular formula is C17H14FN3OS. The number of hydrogen-bond acceptors (Lipinski definition) is 3. The lowest BCUT2D eigenvalue weighted by Crippen LogP contribution is -2.20. The monoisotopic (exact) mass is 327 g/mol. The number of epoxide rings is 1. The molecule has 0 bridgehead atoms. The zero-order valence-corrected chi connectivity index (χ0v) is 13.0. The van der Waals surface area contributed by atoms with Crippen LogP contribution in [-0.2, 0) is 16.9 Å². The molecule has 4 rings (SSSR count). The Balaban J connectivity index is 1.77. The fraction of sp³-hybridized carbons (Fsp3) is 0.176. The number of halogens is 1. The number of aromatic amines is 1. The normalized spacial score (nSPS) is 22.9. The highest BCUT2D eigenvalue weighted by Gasteiger charge is 2.59. The Labute approximate surface area is 137 Å². The van der Waals surface area contributed by atoms with E-state index in [0.717, 1.165) is 11.1 Å². The van der Waals surface area contributed by atoms with E-state index >= 15 is 0 Å². The zero-order valence-electron chi connectivity index (χ0n) is 12.1. The van der Waals surface area contributed by atoms with Crippen molar-refractivity contribution in [3.63, 3.8) is 0 Å². The van der Waals surface area contributed by atoms with Crippen molar-refractivity contribution in [1.29, 1.82) is 0 Å². The number of ether oxygens (including phenoxy) is 1. The van der Waals surface area contributed by atoms with Crippen LogP contribution in [0.3, 0.4) is 0 Å². The molecule has 1 saturated heterocycles. The SMILES string of the molecule is Fc1cccc(C2(Cn3[nH]cnc3=S)OC2c2ccccc2)c1. The van der Waals surface area contributed by atoms with Gasteiger partial charge in [-0.05, 0) is 35.5 Å². The molecule has 1 aliphatic rings. The van der Waals surface area contributed by atoms with Crippen molar-refractivity contribution in [2.45, 2.75) is 18.2 Å². The highest BCUT2D eigenvalue weighted by molar-refractivity contribution is 7.71. The Bertz CT molecular complexity index is 892. The van der Waals surface area contributed by atoms with Crippen molar-refractivity contribution < 1.29 is 9.13 Å². The average Bonchev–Trinajstić information content (AvgIpc) is 3.17. The molecule has 23 heavy (non-hydrogen) atoms. The molecule has 0 saturated carbocycles. The van der Waals surface area contributed by atoms with Gasteiger partial charge in [0.15, 0.2) is 0 Å². The first-order chi connectivity index (χ1) is 11.2. The summed E-state index contributed by atoms with van der Waals surface area (Å²) in [4.78, 5) is 4.03. The number of H-pyrrole nitrogens is 1. The van der Waals surface area contributed by atoms with E-state index in [2.05, 4.69) is 10.1 Å². The molecule has 1 N–H and O–H groups in total. The van der Waals surface area contributed by atoms with Crippen LogP contribution in [0.25, 0.3) is 0 Å². The quantitative estimate of drug-likeness (QED) is 0.586. The summed E-state index contributed by atoms with van der Waals surface area (Å²) in [6.45, 7) is 0.453. The zero-order chi connectivity index (χ0) is 15.9. The van der Waals surface area contributed by atoms with E-state index in [4.69, 9.17) is 17.0 Å². The summed E-state index contributed by atoms with van der Waals surface area (Å²) in [6, 6.07) is 16.4. The Morgan fingerprint density at radius 1 is 1.22 bits per heavy atom. The molecule has 116 valence electrons. The molecule has 2 aromatic carbocycles. The molecule has 0 amide bonds. The van der Waals surface area contributed by atoms with E-state index in [-0.39, 0.29) is 11.9 Å². The third-order valence-corrected chi connectivity index (χ3v) is 4.45. The maximum Gasteiger partial charge on any atom is 0.215 e. The molecule has 1 aromatic heterocycles. The van der Waals surface area contributed by atoms with Crippen LogP contribution in [0.15, 0.2) is 60.9 Å². The van der Waals surface area contributed by atoms with Gasteiger partial charge in [-0.1, -0.05) is 42.5 Å². The highest BCUT2D eigenvalue weighted by atomic mass is 32.1. The van der Waals surface area contributed by atoms with E-state index in [0.29, 0.717) is 11.3 Å². The first kappa shape index (κ1) is 14.3. The second kappa shape index (κ2) is 5.40. The van der Waals surface area contributed by atoms with E-state index in [1.165, 1.54) is 12.1 Å². The van der Waals surface area contributed by atoms with E-state index in [1.54, 1.807) is 17.1 Å². The van der Waals surface area contributed by atoms with Crippen LogP contribution in [0.5, 0.6) is 0 Å². The Morgan fingerprint density at radius 3 is 2.74 bits per heavy atom. The van der Waals surface area contributed by atoms with Crippen molar-refractivity contribution in [3.05, 3.63) is 82.6 Å². The summed E-state index contributed by atoms with van der Waals surface area (Å²) < 4.78 is 22.0. The van der Waals surface area contributed by atoms with Crippen LogP contribution in [0, 0.1) is 10.6 Å². The van der Waals surface area contributed by atoms with E-state index in [9.17, 15) is 4.39 Å². The molecule has 4 nitrogen and oxygen atoms in total. The van der Waals surface area contributed by atoms with Gasteiger partial charge in [0.25, 0.3) is 0 Å². The van der Waals surface area contributed by atoms with Crippen LogP contribution in [0.2, 0.25) is 0 Å². The van der Waals surface area contributed by atoms with Crippen molar-refractivity contribution >= 4 is 12.2 Å². The van der Waals surface area contributed by atoms with Gasteiger partial charge in [0.2, 0.25) is 4.77 Å². The first-order valence-electron chi connectivity index (χ1n) is 7.28. The predicted octanol–water partition coefficient (Wildman–Crippen LogP) is 3.75. The molecular weight excluding hydrogens is 313 g/mol. The standard InChI is InChI=1S/C17H14FN3OS/c18-14-8-4-7-13(9-14)17(10-21-16(23)19-11-20-21)15(22-17)12-5-2-1-3-6-12/h1-9,11,15H,10H2,(H,19,20,23). The van der Waals surface area contributed by atoms with Gasteiger partial charge in [0, 0.05) is 0 Å². The van der Waals surface area contributed by atoms with Crippen LogP contribution < -0.4 is 0 Å². The third-order valence-electron chi connectivity index (χ3n) is 4.12. The average molecular weight is 327 g/mol. The minimum Gasteiger partial charge on any atom is -0.354 e. The first-order valence-corrected chi connectivity index (χ1v) is 7.69. The molecule has 1 aliphatic heterocycles. The predicted molar refractivity (Wildman–Crippen MR) is 85.8 cm³/mol. The lowest BCUT2D eigenvalue weighted by molar-refractivity contribution is 0.261. The Hall–Kier alpha value is -2.31. The molecule has 2 heterocycles. The fourth-order valence-corrected chi connectivity index (χ4v) is 3.12. The number of aromatic nitrogens is 3. The fourth-order valence-electron chi connectivity index (χ4n) is 2.95. The van der Waals surface area contributed by atoms with Crippen LogP contribution in [0.1, 0.15) is 17.2 Å². The number of nitrogens with one attached hydrogen (secondary N) is 1. The van der Waals surface area contributed by atoms with Crippen LogP contribution >= 0.6 is 12.2 Å². The van der Waals surface area contributed by atoms with Gasteiger partial charge in [-0.15, -0.1) is 0 Å².